The van der Waals surface area contributed by atoms with Crippen molar-refractivity contribution >= 4 is 0 Å². The third-order valence-corrected chi connectivity index (χ3v) is 4.39. The molecule has 0 heterocycles. The van der Waals surface area contributed by atoms with Crippen molar-refractivity contribution in [2.24, 2.45) is 0 Å². The summed E-state index contributed by atoms with van der Waals surface area (Å²) in [6.07, 6.45) is 23.3. The highest BCUT2D eigenvalue weighted by Crippen LogP contribution is 2.09. The molecular weight excluding hydrogens is 414 g/mol. The van der Waals surface area contributed by atoms with Crippen LogP contribution in [0.3, 0.4) is 0 Å². The van der Waals surface area contributed by atoms with E-state index in [0.717, 1.165) is 43.7 Å². The van der Waals surface area contributed by atoms with Gasteiger partial charge in [-0.1, -0.05) is 56.0 Å². The van der Waals surface area contributed by atoms with Gasteiger partial charge >= 0.3 is 0 Å². The van der Waals surface area contributed by atoms with E-state index in [9.17, 15) is 5.11 Å². The van der Waals surface area contributed by atoms with Gasteiger partial charge in [-0.25, -0.2) is 0 Å². The van der Waals surface area contributed by atoms with Crippen molar-refractivity contribution in [3.05, 3.63) is 84.4 Å². The first kappa shape index (κ1) is 30.6. The van der Waals surface area contributed by atoms with Crippen LogP contribution < -0.4 is 16.0 Å². The van der Waals surface area contributed by atoms with E-state index in [1.165, 1.54) is 5.57 Å². The van der Waals surface area contributed by atoms with Crippen molar-refractivity contribution in [3.63, 3.8) is 0 Å². The van der Waals surface area contributed by atoms with Crippen LogP contribution in [0.5, 0.6) is 0 Å². The summed E-state index contributed by atoms with van der Waals surface area (Å²) < 4.78 is 5.66. The molecule has 188 valence electrons. The van der Waals surface area contributed by atoms with Gasteiger partial charge in [0.25, 0.3) is 0 Å². The van der Waals surface area contributed by atoms with Crippen LogP contribution in [0.2, 0.25) is 0 Å². The molecule has 5 N–H and O–H groups in total. The fourth-order valence-corrected chi connectivity index (χ4v) is 2.78. The Hall–Kier alpha value is -2.38. The minimum atomic E-state index is -0.504. The summed E-state index contributed by atoms with van der Waals surface area (Å²) in [5.41, 5.74) is 2.28. The van der Waals surface area contributed by atoms with E-state index in [4.69, 9.17) is 9.84 Å². The van der Waals surface area contributed by atoms with Gasteiger partial charge in [-0.2, -0.15) is 0 Å². The maximum absolute atomic E-state index is 10.1. The highest BCUT2D eigenvalue weighted by molar-refractivity contribution is 5.33. The molecule has 1 unspecified atom stereocenters. The van der Waals surface area contributed by atoms with Crippen molar-refractivity contribution in [1.82, 2.24) is 16.0 Å². The van der Waals surface area contributed by atoms with Gasteiger partial charge in [0, 0.05) is 34.4 Å². The Balaban J connectivity index is 0. The van der Waals surface area contributed by atoms with Crippen LogP contribution in [0.4, 0.5) is 0 Å². The normalized spacial score (nSPS) is 15.2. The second-order valence-corrected chi connectivity index (χ2v) is 7.22. The maximum atomic E-state index is 10.1. The van der Waals surface area contributed by atoms with Crippen LogP contribution in [-0.4, -0.2) is 56.3 Å². The molecule has 0 amide bonds. The van der Waals surface area contributed by atoms with Crippen molar-refractivity contribution in [1.29, 1.82) is 0 Å². The van der Waals surface area contributed by atoms with Crippen LogP contribution in [0.15, 0.2) is 84.4 Å². The van der Waals surface area contributed by atoms with Gasteiger partial charge in [0.1, 0.15) is 18.6 Å². The molecule has 33 heavy (non-hydrogen) atoms. The van der Waals surface area contributed by atoms with Gasteiger partial charge in [-0.15, -0.1) is 0 Å². The highest BCUT2D eigenvalue weighted by atomic mass is 16.5. The Bertz CT molecular complexity index is 683. The molecule has 0 saturated heterocycles. The molecule has 0 aromatic carbocycles. The van der Waals surface area contributed by atoms with Gasteiger partial charge in [0.05, 0.1) is 0 Å². The van der Waals surface area contributed by atoms with Crippen molar-refractivity contribution in [3.8, 4) is 0 Å². The Labute approximate surface area is 202 Å². The average molecular weight is 462 g/mol. The summed E-state index contributed by atoms with van der Waals surface area (Å²) in [6, 6.07) is 0. The number of hydrogen-bond donors (Lipinski definition) is 5. The van der Waals surface area contributed by atoms with Crippen LogP contribution in [0.25, 0.3) is 0 Å². The largest absolute Gasteiger partial charge is 0.492 e. The maximum Gasteiger partial charge on any atom is 0.118 e. The van der Waals surface area contributed by atoms with E-state index in [-0.39, 0.29) is 8.03 Å². The molecule has 0 aliphatic heterocycles. The molecule has 0 aromatic rings. The zero-order chi connectivity index (χ0) is 24.6. The molecule has 6 heteroatoms. The van der Waals surface area contributed by atoms with Gasteiger partial charge in [-0.05, 0) is 62.5 Å². The SMILES string of the molecule is C=C\C(=C/C=C/C(/C=C\CCC(O)NCC1=CCCC=C1)=C/NC)OCCNCC.CCO.[HH]. The smallest absolute Gasteiger partial charge is 0.118 e. The predicted octanol–water partition coefficient (Wildman–Crippen LogP) is 4.11. The molecule has 1 aliphatic rings. The fraction of sp³-hybridized carbons (Fsp3) is 0.481. The number of aliphatic hydroxyl groups excluding tert-OH is 2. The Kier molecular flexibility index (Phi) is 21.2. The van der Waals surface area contributed by atoms with Crippen molar-refractivity contribution in [2.45, 2.75) is 45.8 Å². The lowest BCUT2D eigenvalue weighted by molar-refractivity contribution is 0.133. The summed E-state index contributed by atoms with van der Waals surface area (Å²) in [5, 5.41) is 27.1. The van der Waals surface area contributed by atoms with Crippen LogP contribution in [0.1, 0.15) is 41.0 Å². The number of likely N-dealkylation sites (N-methyl/N-ethyl adjacent to an activating group) is 1. The lowest BCUT2D eigenvalue weighted by atomic mass is 10.1. The molecule has 0 saturated carbocycles. The lowest BCUT2D eigenvalue weighted by Crippen LogP contribution is -2.30. The van der Waals surface area contributed by atoms with Gasteiger partial charge in [0.2, 0.25) is 0 Å². The molecule has 0 fully saturated rings. The van der Waals surface area contributed by atoms with Crippen LogP contribution in [-0.2, 0) is 4.74 Å². The van der Waals surface area contributed by atoms with Gasteiger partial charge in [0.15, 0.2) is 0 Å². The third kappa shape index (κ3) is 18.9. The van der Waals surface area contributed by atoms with Crippen molar-refractivity contribution in [2.75, 3.05) is 39.9 Å². The predicted molar refractivity (Wildman–Crippen MR) is 143 cm³/mol. The summed E-state index contributed by atoms with van der Waals surface area (Å²) in [4.78, 5) is 0. The fourth-order valence-electron chi connectivity index (χ4n) is 2.78. The summed E-state index contributed by atoms with van der Waals surface area (Å²) >= 11 is 0. The molecule has 0 bridgehead atoms. The second-order valence-electron chi connectivity index (χ2n) is 7.22. The summed E-state index contributed by atoms with van der Waals surface area (Å²) in [5.74, 6) is 0.745. The van der Waals surface area contributed by atoms with E-state index in [1.807, 2.05) is 37.6 Å². The van der Waals surface area contributed by atoms with E-state index < -0.39 is 6.23 Å². The quantitative estimate of drug-likeness (QED) is 0.103. The number of aliphatic hydroxyl groups is 2. The van der Waals surface area contributed by atoms with E-state index in [1.54, 1.807) is 13.0 Å². The zero-order valence-corrected chi connectivity index (χ0v) is 20.7. The standard InChI is InChI=1S/C25H39N3O2.C2H6O.H2/c1-4-24(30-19-18-27-5-2)16-11-15-22(20-26-3)14-9-10-17-25(29)28-21-23-12-7-6-8-13-23;1-2-3;/h4,7,9,11-16,20,25-29H,1,5-6,8,10,17-19,21H2,2-3H3;3H,2H2,1H3;1H/b14-9-,15-11+,22-20+,24-16+;;. The molecule has 6 nitrogen and oxygen atoms in total. The number of ether oxygens (including phenoxy) is 1. The van der Waals surface area contributed by atoms with E-state index in [2.05, 4.69) is 53.8 Å². The van der Waals surface area contributed by atoms with Gasteiger partial charge < -0.3 is 25.6 Å². The minimum absolute atomic E-state index is 0. The Morgan fingerprint density at radius 2 is 2.09 bits per heavy atom. The monoisotopic (exact) mass is 461 g/mol. The molecule has 1 aliphatic carbocycles. The molecule has 0 radical (unpaired) electrons. The number of allylic oxidation sites excluding steroid dienone is 9. The molecular formula is C27H47N3O3. The number of hydrogen-bond acceptors (Lipinski definition) is 6. The van der Waals surface area contributed by atoms with Crippen molar-refractivity contribution < 1.29 is 16.4 Å². The minimum Gasteiger partial charge on any atom is -0.492 e. The number of rotatable bonds is 16. The van der Waals surface area contributed by atoms with Crippen LogP contribution >= 0.6 is 0 Å². The molecule has 0 aromatic heterocycles. The first-order chi connectivity index (χ1) is 16.1. The summed E-state index contributed by atoms with van der Waals surface area (Å²) in [7, 11) is 1.87. The Morgan fingerprint density at radius 1 is 1.30 bits per heavy atom. The molecule has 0 spiro atoms. The zero-order valence-electron chi connectivity index (χ0n) is 20.7. The third-order valence-electron chi connectivity index (χ3n) is 4.39. The highest BCUT2D eigenvalue weighted by Gasteiger charge is 2.03. The second kappa shape index (κ2) is 22.8. The lowest BCUT2D eigenvalue weighted by Gasteiger charge is -2.13. The van der Waals surface area contributed by atoms with E-state index in [0.29, 0.717) is 19.6 Å². The number of nitrogens with one attached hydrogen (secondary N) is 3. The van der Waals surface area contributed by atoms with Gasteiger partial charge in [-0.3, -0.25) is 5.32 Å². The molecule has 1 atom stereocenters. The first-order valence-electron chi connectivity index (χ1n) is 11.9. The topological polar surface area (TPSA) is 85.8 Å². The van der Waals surface area contributed by atoms with Crippen LogP contribution in [0, 0.1) is 0 Å². The molecule has 1 rings (SSSR count). The Morgan fingerprint density at radius 3 is 2.73 bits per heavy atom. The average Bonchev–Trinajstić information content (AvgIpc) is 2.83. The summed E-state index contributed by atoms with van der Waals surface area (Å²) in [6.45, 7) is 10.9. The first-order valence-corrected chi connectivity index (χ1v) is 11.9. The van der Waals surface area contributed by atoms with E-state index >= 15 is 0 Å².